The minimum absolute atomic E-state index is 0.0111. The minimum atomic E-state index is -4.51. The van der Waals surface area contributed by atoms with Crippen molar-refractivity contribution in [3.05, 3.63) is 51.6 Å². The predicted molar refractivity (Wildman–Crippen MR) is 75.9 cm³/mol. The Hall–Kier alpha value is -1.94. The number of aromatic nitrogens is 4. The van der Waals surface area contributed by atoms with Gasteiger partial charge in [0.05, 0.1) is 5.69 Å². The number of nitrogens with zero attached hydrogens (tertiary/aromatic N) is 4. The summed E-state index contributed by atoms with van der Waals surface area (Å²) in [5, 5.41) is 1.72. The van der Waals surface area contributed by atoms with Crippen molar-refractivity contribution in [2.24, 2.45) is 0 Å². The van der Waals surface area contributed by atoms with Crippen LogP contribution in [0.5, 0.6) is 0 Å². The van der Waals surface area contributed by atoms with Crippen molar-refractivity contribution in [1.29, 1.82) is 0 Å². The van der Waals surface area contributed by atoms with E-state index in [4.69, 9.17) is 0 Å². The van der Waals surface area contributed by atoms with Gasteiger partial charge in [-0.3, -0.25) is 9.20 Å². The van der Waals surface area contributed by atoms with Gasteiger partial charge in [-0.05, 0) is 6.07 Å². The number of thiazole rings is 1. The fourth-order valence-corrected chi connectivity index (χ4v) is 3.13. The monoisotopic (exact) mass is 344 g/mol. The van der Waals surface area contributed by atoms with Crippen LogP contribution < -0.4 is 5.56 Å². The summed E-state index contributed by atoms with van der Waals surface area (Å²) in [5.41, 5.74) is -0.753. The molecule has 0 aliphatic rings. The second-order valence-electron chi connectivity index (χ2n) is 4.15. The van der Waals surface area contributed by atoms with Gasteiger partial charge in [0, 0.05) is 29.6 Å². The zero-order chi connectivity index (χ0) is 15.7. The summed E-state index contributed by atoms with van der Waals surface area (Å²) in [4.78, 5) is 23.8. The molecule has 3 aromatic rings. The van der Waals surface area contributed by atoms with Crippen LogP contribution in [0, 0.1) is 0 Å². The molecule has 0 amide bonds. The second-order valence-corrected chi connectivity index (χ2v) is 5.97. The summed E-state index contributed by atoms with van der Waals surface area (Å²) in [5.74, 6) is 0.213. The van der Waals surface area contributed by atoms with Crippen LogP contribution in [-0.2, 0) is 11.9 Å². The molecule has 0 unspecified atom stereocenters. The molecule has 3 aromatic heterocycles. The van der Waals surface area contributed by atoms with Gasteiger partial charge < -0.3 is 0 Å². The van der Waals surface area contributed by atoms with Gasteiger partial charge >= 0.3 is 6.18 Å². The Morgan fingerprint density at radius 2 is 2.14 bits per heavy atom. The van der Waals surface area contributed by atoms with Crippen LogP contribution in [-0.4, -0.2) is 19.4 Å². The largest absolute Gasteiger partial charge is 0.433 e. The van der Waals surface area contributed by atoms with Crippen LogP contribution in [0.15, 0.2) is 39.9 Å². The maximum Gasteiger partial charge on any atom is 0.433 e. The van der Waals surface area contributed by atoms with Crippen molar-refractivity contribution in [3.8, 4) is 0 Å². The van der Waals surface area contributed by atoms with Gasteiger partial charge in [0.15, 0.2) is 10.1 Å². The molecule has 3 heterocycles. The Labute approximate surface area is 129 Å². The maximum absolute atomic E-state index is 12.6. The van der Waals surface area contributed by atoms with Crippen LogP contribution in [0.25, 0.3) is 4.96 Å². The number of rotatable bonds is 3. The number of thioether (sulfide) groups is 1. The Morgan fingerprint density at radius 1 is 1.32 bits per heavy atom. The molecule has 5 nitrogen and oxygen atoms in total. The molecule has 114 valence electrons. The van der Waals surface area contributed by atoms with Gasteiger partial charge in [0.1, 0.15) is 5.69 Å². The first-order valence-corrected chi connectivity index (χ1v) is 7.79. The van der Waals surface area contributed by atoms with E-state index in [1.165, 1.54) is 21.8 Å². The number of hydrogen-bond acceptors (Lipinski definition) is 6. The second kappa shape index (κ2) is 5.69. The molecule has 0 spiro atoms. The van der Waals surface area contributed by atoms with Gasteiger partial charge in [-0.25, -0.2) is 15.0 Å². The van der Waals surface area contributed by atoms with E-state index in [2.05, 4.69) is 15.0 Å². The Bertz CT molecular complexity index is 874. The first kappa shape index (κ1) is 15.0. The maximum atomic E-state index is 12.6. The lowest BCUT2D eigenvalue weighted by molar-refractivity contribution is -0.141. The summed E-state index contributed by atoms with van der Waals surface area (Å²) < 4.78 is 39.1. The van der Waals surface area contributed by atoms with Crippen molar-refractivity contribution < 1.29 is 13.2 Å². The molecule has 0 aliphatic heterocycles. The van der Waals surface area contributed by atoms with Crippen molar-refractivity contribution in [3.63, 3.8) is 0 Å². The van der Waals surface area contributed by atoms with Gasteiger partial charge in [-0.2, -0.15) is 13.2 Å². The van der Waals surface area contributed by atoms with Crippen LogP contribution in [0.2, 0.25) is 0 Å². The van der Waals surface area contributed by atoms with Crippen LogP contribution in [0.3, 0.4) is 0 Å². The van der Waals surface area contributed by atoms with Crippen molar-refractivity contribution >= 4 is 28.1 Å². The highest BCUT2D eigenvalue weighted by atomic mass is 32.2. The topological polar surface area (TPSA) is 60.2 Å². The molecule has 0 bridgehead atoms. The standard InChI is InChI=1S/C12H7F3N4OS2/c13-12(14,15)8-1-2-16-10(18-8)22-6-7-5-9(20)19-3-4-21-11(19)17-7/h1-5H,6H2. The van der Waals surface area contributed by atoms with Crippen LogP contribution in [0.4, 0.5) is 13.2 Å². The van der Waals surface area contributed by atoms with E-state index in [9.17, 15) is 18.0 Å². The lowest BCUT2D eigenvalue weighted by atomic mass is 10.4. The highest BCUT2D eigenvalue weighted by Crippen LogP contribution is 2.28. The molecule has 3 rings (SSSR count). The van der Waals surface area contributed by atoms with Gasteiger partial charge in [-0.1, -0.05) is 11.8 Å². The average molecular weight is 344 g/mol. The zero-order valence-electron chi connectivity index (χ0n) is 10.7. The van der Waals surface area contributed by atoms with Crippen LogP contribution in [0.1, 0.15) is 11.4 Å². The van der Waals surface area contributed by atoms with Gasteiger partial charge in [-0.15, -0.1) is 11.3 Å². The van der Waals surface area contributed by atoms with Gasteiger partial charge in [0.25, 0.3) is 5.56 Å². The fourth-order valence-electron chi connectivity index (χ4n) is 1.67. The molecule has 0 saturated heterocycles. The number of fused-ring (bicyclic) bond motifs is 1. The van der Waals surface area contributed by atoms with Crippen molar-refractivity contribution in [2.75, 3.05) is 0 Å². The molecule has 0 saturated carbocycles. The Balaban J connectivity index is 1.80. The number of alkyl halides is 3. The van der Waals surface area contributed by atoms with E-state index in [0.29, 0.717) is 10.7 Å². The third-order valence-corrected chi connectivity index (χ3v) is 4.28. The fraction of sp³-hybridized carbons (Fsp3) is 0.167. The van der Waals surface area contributed by atoms with E-state index in [0.717, 1.165) is 24.0 Å². The molecule has 0 N–H and O–H groups in total. The molecule has 0 atom stereocenters. The highest BCUT2D eigenvalue weighted by molar-refractivity contribution is 7.98. The SMILES string of the molecule is O=c1cc(CSc2nccc(C(F)(F)F)n2)nc2sccn12. The Morgan fingerprint density at radius 3 is 2.91 bits per heavy atom. The summed E-state index contributed by atoms with van der Waals surface area (Å²) in [6, 6.07) is 2.16. The number of halogens is 3. The lowest BCUT2D eigenvalue weighted by Gasteiger charge is -2.06. The van der Waals surface area contributed by atoms with Crippen molar-refractivity contribution in [1.82, 2.24) is 19.4 Å². The van der Waals surface area contributed by atoms with E-state index in [-0.39, 0.29) is 16.5 Å². The summed E-state index contributed by atoms with van der Waals surface area (Å²) in [6.07, 6.45) is -1.84. The highest BCUT2D eigenvalue weighted by Gasteiger charge is 2.32. The quantitative estimate of drug-likeness (QED) is 0.540. The molecule has 0 aliphatic carbocycles. The van der Waals surface area contributed by atoms with Gasteiger partial charge in [0.2, 0.25) is 0 Å². The summed E-state index contributed by atoms with van der Waals surface area (Å²) >= 11 is 2.30. The average Bonchev–Trinajstić information content (AvgIpc) is 2.93. The summed E-state index contributed by atoms with van der Waals surface area (Å²) in [7, 11) is 0. The van der Waals surface area contributed by atoms with E-state index >= 15 is 0 Å². The molecular weight excluding hydrogens is 337 g/mol. The third-order valence-electron chi connectivity index (χ3n) is 2.63. The van der Waals surface area contributed by atoms with E-state index in [1.54, 1.807) is 11.6 Å². The smallest absolute Gasteiger partial charge is 0.269 e. The van der Waals surface area contributed by atoms with E-state index in [1.807, 2.05) is 0 Å². The first-order valence-electron chi connectivity index (χ1n) is 5.92. The Kier molecular flexibility index (Phi) is 3.87. The normalized spacial score (nSPS) is 12.0. The molecule has 10 heteroatoms. The van der Waals surface area contributed by atoms with E-state index < -0.39 is 11.9 Å². The molecule has 0 fully saturated rings. The zero-order valence-corrected chi connectivity index (χ0v) is 12.4. The minimum Gasteiger partial charge on any atom is -0.269 e. The first-order chi connectivity index (χ1) is 10.4. The van der Waals surface area contributed by atoms with Crippen molar-refractivity contribution in [2.45, 2.75) is 17.1 Å². The molecule has 0 radical (unpaired) electrons. The summed E-state index contributed by atoms with van der Waals surface area (Å²) in [6.45, 7) is 0. The predicted octanol–water partition coefficient (Wildman–Crippen LogP) is 2.86. The molecule has 22 heavy (non-hydrogen) atoms. The molecule has 0 aromatic carbocycles. The number of hydrogen-bond donors (Lipinski definition) is 0. The lowest BCUT2D eigenvalue weighted by Crippen LogP contribution is -2.12. The van der Waals surface area contributed by atoms with Crippen LogP contribution >= 0.6 is 23.1 Å². The molecular formula is C12H7F3N4OS2. The third kappa shape index (κ3) is 3.12.